The zero-order valence-corrected chi connectivity index (χ0v) is 14.2. The number of methoxy groups -OCH3 is 2. The lowest BCUT2D eigenvalue weighted by Crippen LogP contribution is -2.21. The van der Waals surface area contributed by atoms with Crippen LogP contribution >= 0.6 is 0 Å². The van der Waals surface area contributed by atoms with Gasteiger partial charge in [0.15, 0.2) is 11.2 Å². The lowest BCUT2D eigenvalue weighted by Gasteiger charge is -2.09. The molecule has 3 aliphatic carbocycles. The Labute approximate surface area is 146 Å². The lowest BCUT2D eigenvalue weighted by atomic mass is 9.92. The first kappa shape index (κ1) is 16.2. The minimum absolute atomic E-state index is 0.0110. The molecule has 0 spiro atoms. The highest BCUT2D eigenvalue weighted by atomic mass is 16.5. The first-order valence-electron chi connectivity index (χ1n) is 8.13. The van der Waals surface area contributed by atoms with Crippen LogP contribution < -0.4 is 25.7 Å². The Hall–Kier alpha value is -3.31. The van der Waals surface area contributed by atoms with Crippen molar-refractivity contribution in [3.63, 3.8) is 0 Å². The Morgan fingerprint density at radius 1 is 0.923 bits per heavy atom. The number of ether oxygens (including phenoxy) is 2. The molecule has 130 valence electrons. The van der Waals surface area contributed by atoms with Crippen molar-refractivity contribution in [1.82, 2.24) is 0 Å². The molecule has 7 heteroatoms. The van der Waals surface area contributed by atoms with Gasteiger partial charge in [-0.25, -0.2) is 0 Å². The quantitative estimate of drug-likeness (QED) is 0.503. The molecule has 0 N–H and O–H groups in total. The van der Waals surface area contributed by atoms with Crippen molar-refractivity contribution in [3.05, 3.63) is 65.0 Å². The Kier molecular flexibility index (Phi) is 3.49. The summed E-state index contributed by atoms with van der Waals surface area (Å²) in [7, 11) is 2.79. The third-order valence-corrected chi connectivity index (χ3v) is 5.01. The number of fused-ring (bicyclic) bond motifs is 3. The van der Waals surface area contributed by atoms with E-state index in [1.165, 1.54) is 20.3 Å². The number of hydrogen-bond donors (Lipinski definition) is 0. The van der Waals surface area contributed by atoms with Gasteiger partial charge >= 0.3 is 5.36 Å². The van der Waals surface area contributed by atoms with Gasteiger partial charge in [0, 0.05) is 12.0 Å². The van der Waals surface area contributed by atoms with Crippen molar-refractivity contribution >= 4 is 16.6 Å². The summed E-state index contributed by atoms with van der Waals surface area (Å²) in [6.07, 6.45) is 1.34. The van der Waals surface area contributed by atoms with Crippen LogP contribution in [0.15, 0.2) is 21.7 Å². The fourth-order valence-corrected chi connectivity index (χ4v) is 3.93. The Morgan fingerprint density at radius 2 is 1.50 bits per heavy atom. The Bertz CT molecular complexity index is 1340. The fraction of sp³-hybridized carbons (Fsp3) is 0.263. The number of carbonyl (C=O) groups is 1. The van der Waals surface area contributed by atoms with Gasteiger partial charge in [-0.05, 0) is 25.0 Å². The standard InChI is InChI=1S/C19H14N2O5/c1-25-10-6-7-11(26-2)14-13(10)18(23)15-12-8(4-3-5-9(12)22)17(21-20)16(15)19(14)24/h6-7H,3-5H2,1-2H3. The van der Waals surface area contributed by atoms with Gasteiger partial charge in [-0.2, -0.15) is 4.79 Å². The topological polar surface area (TPSA) is 106 Å². The molecule has 0 aromatic heterocycles. The van der Waals surface area contributed by atoms with Gasteiger partial charge in [-0.3, -0.25) is 14.4 Å². The van der Waals surface area contributed by atoms with E-state index in [0.29, 0.717) is 18.4 Å². The largest absolute Gasteiger partial charge is 0.496 e. The SMILES string of the molecule is COc1ccc(OC)c2c(=O)c3c(=[N+]=[N-])c4c(c=3c(=O)c12)C(=O)CCC4. The molecule has 0 saturated carbocycles. The van der Waals surface area contributed by atoms with E-state index in [1.807, 2.05) is 0 Å². The molecule has 1 aromatic carbocycles. The first-order chi connectivity index (χ1) is 12.5. The number of Topliss-reactive ketones (excluding diaryl/α,β-unsaturated/α-hetero) is 1. The second kappa shape index (κ2) is 5.61. The summed E-state index contributed by atoms with van der Waals surface area (Å²) < 4.78 is 10.5. The Balaban J connectivity index is 2.48. The van der Waals surface area contributed by atoms with Crippen molar-refractivity contribution in [2.45, 2.75) is 19.3 Å². The van der Waals surface area contributed by atoms with E-state index in [4.69, 9.17) is 9.47 Å². The zero-order valence-electron chi connectivity index (χ0n) is 14.2. The van der Waals surface area contributed by atoms with E-state index in [2.05, 4.69) is 4.79 Å². The number of carbonyl (C=O) groups excluding carboxylic acids is 1. The molecular weight excluding hydrogens is 336 g/mol. The van der Waals surface area contributed by atoms with Crippen molar-refractivity contribution in [1.29, 1.82) is 0 Å². The van der Waals surface area contributed by atoms with Crippen LogP contribution in [0.4, 0.5) is 0 Å². The molecule has 0 unspecified atom stereocenters. The highest BCUT2D eigenvalue weighted by Crippen LogP contribution is 2.29. The van der Waals surface area contributed by atoms with Gasteiger partial charge in [0.2, 0.25) is 5.43 Å². The van der Waals surface area contributed by atoms with E-state index in [0.717, 1.165) is 0 Å². The summed E-state index contributed by atoms with van der Waals surface area (Å²) >= 11 is 0. The van der Waals surface area contributed by atoms with Gasteiger partial charge in [0.1, 0.15) is 16.7 Å². The predicted molar refractivity (Wildman–Crippen MR) is 91.3 cm³/mol. The first-order valence-corrected chi connectivity index (χ1v) is 8.13. The highest BCUT2D eigenvalue weighted by molar-refractivity contribution is 6.00. The van der Waals surface area contributed by atoms with Crippen LogP contribution in [0.3, 0.4) is 0 Å². The van der Waals surface area contributed by atoms with Gasteiger partial charge in [0.25, 0.3) is 0 Å². The second-order valence-electron chi connectivity index (χ2n) is 6.21. The van der Waals surface area contributed by atoms with Crippen molar-refractivity contribution in [2.24, 2.45) is 0 Å². The maximum Gasteiger partial charge on any atom is 0.331 e. The molecule has 4 rings (SSSR count). The van der Waals surface area contributed by atoms with Crippen LogP contribution in [0.2, 0.25) is 0 Å². The second-order valence-corrected chi connectivity index (χ2v) is 6.21. The van der Waals surface area contributed by atoms with E-state index in [1.54, 1.807) is 6.07 Å². The average Bonchev–Trinajstić information content (AvgIpc) is 3.01. The van der Waals surface area contributed by atoms with Gasteiger partial charge in [-0.1, -0.05) is 0 Å². The van der Waals surface area contributed by atoms with E-state index in [-0.39, 0.29) is 55.8 Å². The lowest BCUT2D eigenvalue weighted by molar-refractivity contribution is -0.0672. The number of benzene rings is 1. The van der Waals surface area contributed by atoms with Gasteiger partial charge < -0.3 is 15.0 Å². The molecule has 0 saturated heterocycles. The number of nitrogens with zero attached hydrogens (tertiary/aromatic N) is 2. The molecule has 0 amide bonds. The monoisotopic (exact) mass is 350 g/mol. The van der Waals surface area contributed by atoms with E-state index >= 15 is 0 Å². The fourth-order valence-electron chi connectivity index (χ4n) is 3.93. The molecule has 7 nitrogen and oxygen atoms in total. The molecule has 0 radical (unpaired) electrons. The molecule has 0 fully saturated rings. The minimum atomic E-state index is -0.514. The molecule has 3 aliphatic rings. The summed E-state index contributed by atoms with van der Waals surface area (Å²) in [4.78, 5) is 42.3. The summed E-state index contributed by atoms with van der Waals surface area (Å²) in [5, 5.41) is 0.124. The highest BCUT2D eigenvalue weighted by Gasteiger charge is 2.31. The zero-order chi connectivity index (χ0) is 18.6. The molecule has 0 heterocycles. The molecule has 0 bridgehead atoms. The summed E-state index contributed by atoms with van der Waals surface area (Å²) in [6, 6.07) is 3.08. The number of ketones is 1. The molecule has 26 heavy (non-hydrogen) atoms. The van der Waals surface area contributed by atoms with E-state index < -0.39 is 10.9 Å². The predicted octanol–water partition coefficient (Wildman–Crippen LogP) is 0.827. The van der Waals surface area contributed by atoms with Crippen molar-refractivity contribution in [2.75, 3.05) is 14.2 Å². The van der Waals surface area contributed by atoms with Crippen LogP contribution in [-0.4, -0.2) is 24.8 Å². The molecular formula is C19H14N2O5. The van der Waals surface area contributed by atoms with Crippen LogP contribution in [0.25, 0.3) is 16.3 Å². The van der Waals surface area contributed by atoms with E-state index in [9.17, 15) is 19.9 Å². The van der Waals surface area contributed by atoms with Gasteiger partial charge in [0.05, 0.1) is 35.8 Å². The Morgan fingerprint density at radius 3 is 2.04 bits per heavy atom. The van der Waals surface area contributed by atoms with Crippen molar-refractivity contribution in [3.8, 4) is 11.5 Å². The van der Waals surface area contributed by atoms with Crippen molar-refractivity contribution < 1.29 is 19.1 Å². The van der Waals surface area contributed by atoms with Crippen LogP contribution in [0, 0.1) is 10.4 Å². The van der Waals surface area contributed by atoms with Crippen LogP contribution in [0.1, 0.15) is 28.8 Å². The number of rotatable bonds is 2. The minimum Gasteiger partial charge on any atom is -0.496 e. The summed E-state index contributed by atoms with van der Waals surface area (Å²) in [6.45, 7) is 0. The molecule has 0 aliphatic heterocycles. The maximum absolute atomic E-state index is 13.3. The third kappa shape index (κ3) is 1.86. The smallest absolute Gasteiger partial charge is 0.331 e. The van der Waals surface area contributed by atoms with Crippen LogP contribution in [-0.2, 0) is 6.42 Å². The number of hydrogen-bond acceptors (Lipinski definition) is 5. The molecule has 1 aromatic rings. The maximum atomic E-state index is 13.3. The van der Waals surface area contributed by atoms with Crippen LogP contribution in [0.5, 0.6) is 11.5 Å². The summed E-state index contributed by atoms with van der Waals surface area (Å²) in [5.41, 5.74) is 9.15. The normalized spacial score (nSPS) is 13.7. The summed E-state index contributed by atoms with van der Waals surface area (Å²) in [5.74, 6) is 0.230. The molecule has 0 atom stereocenters. The average molecular weight is 350 g/mol. The van der Waals surface area contributed by atoms with Gasteiger partial charge in [-0.15, -0.1) is 0 Å². The third-order valence-electron chi connectivity index (χ3n) is 5.01.